The molecule has 0 saturated carbocycles. The molecule has 134 valence electrons. The number of hydrogen-bond donors (Lipinski definition) is 0. The van der Waals surface area contributed by atoms with Gasteiger partial charge < -0.3 is 9.47 Å². The van der Waals surface area contributed by atoms with Crippen LogP contribution in [-0.2, 0) is 6.61 Å². The van der Waals surface area contributed by atoms with Gasteiger partial charge in [-0.3, -0.25) is 0 Å². The lowest BCUT2D eigenvalue weighted by Gasteiger charge is -2.12. The molecule has 0 amide bonds. The van der Waals surface area contributed by atoms with Crippen molar-refractivity contribution in [2.24, 2.45) is 0 Å². The Kier molecular flexibility index (Phi) is 5.70. The molecule has 2 nitrogen and oxygen atoms in total. The highest BCUT2D eigenvalue weighted by molar-refractivity contribution is 14.1. The second kappa shape index (κ2) is 7.99. The van der Waals surface area contributed by atoms with Crippen molar-refractivity contribution in [2.75, 3.05) is 0 Å². The van der Waals surface area contributed by atoms with E-state index in [2.05, 4.69) is 4.74 Å². The summed E-state index contributed by atoms with van der Waals surface area (Å²) in [5, 5.41) is 0. The van der Waals surface area contributed by atoms with Gasteiger partial charge in [0.05, 0.1) is 3.57 Å². The molecule has 26 heavy (non-hydrogen) atoms. The first-order valence-corrected chi connectivity index (χ1v) is 8.81. The highest BCUT2D eigenvalue weighted by Crippen LogP contribution is 2.32. The van der Waals surface area contributed by atoms with E-state index in [0.717, 1.165) is 22.4 Å². The monoisotopic (exact) mass is 470 g/mol. The third-order valence-corrected chi connectivity index (χ3v) is 4.44. The molecule has 0 N–H and O–H groups in total. The fourth-order valence-corrected chi connectivity index (χ4v) is 3.00. The molecule has 3 rings (SSSR count). The first-order valence-electron chi connectivity index (χ1n) is 7.73. The molecule has 3 aromatic rings. The lowest BCUT2D eigenvalue weighted by atomic mass is 10.1. The first kappa shape index (κ1) is 18.6. The molecule has 0 atom stereocenters. The maximum absolute atomic E-state index is 12.3. The van der Waals surface area contributed by atoms with Crippen LogP contribution in [0.4, 0.5) is 13.2 Å². The van der Waals surface area contributed by atoms with Crippen LogP contribution in [0, 0.1) is 3.57 Å². The summed E-state index contributed by atoms with van der Waals surface area (Å²) in [5.74, 6) is 0.522. The molecule has 0 spiro atoms. The molecule has 0 heterocycles. The highest BCUT2D eigenvalue weighted by Gasteiger charge is 2.31. The number of benzene rings is 3. The Hall–Kier alpha value is -2.22. The van der Waals surface area contributed by atoms with Gasteiger partial charge in [0.2, 0.25) is 0 Å². The summed E-state index contributed by atoms with van der Waals surface area (Å²) in [6, 6.07) is 21.8. The van der Waals surface area contributed by atoms with Crippen LogP contribution in [0.2, 0.25) is 0 Å². The Balaban J connectivity index is 1.69. The van der Waals surface area contributed by atoms with Crippen LogP contribution in [-0.4, -0.2) is 6.36 Å². The molecular formula is C20H14F3IO2. The number of rotatable bonds is 5. The van der Waals surface area contributed by atoms with Crippen molar-refractivity contribution in [3.63, 3.8) is 0 Å². The summed E-state index contributed by atoms with van der Waals surface area (Å²) in [6.45, 7) is 0.474. The van der Waals surface area contributed by atoms with E-state index in [9.17, 15) is 13.2 Å². The minimum atomic E-state index is -4.70. The third-order valence-electron chi connectivity index (χ3n) is 3.59. The minimum absolute atomic E-state index is 0.204. The predicted molar refractivity (Wildman–Crippen MR) is 102 cm³/mol. The molecule has 3 aromatic carbocycles. The minimum Gasteiger partial charge on any atom is -0.489 e. The Labute approximate surface area is 162 Å². The molecule has 6 heteroatoms. The van der Waals surface area contributed by atoms with Crippen molar-refractivity contribution >= 4 is 22.6 Å². The first-order chi connectivity index (χ1) is 12.4. The van der Waals surface area contributed by atoms with Gasteiger partial charge in [-0.05, 0) is 63.5 Å². The van der Waals surface area contributed by atoms with Crippen LogP contribution in [0.15, 0.2) is 72.8 Å². The van der Waals surface area contributed by atoms with Crippen molar-refractivity contribution in [3.05, 3.63) is 81.9 Å². The molecular weight excluding hydrogens is 456 g/mol. The van der Waals surface area contributed by atoms with E-state index in [-0.39, 0.29) is 5.75 Å². The van der Waals surface area contributed by atoms with Crippen molar-refractivity contribution in [1.82, 2.24) is 0 Å². The van der Waals surface area contributed by atoms with Gasteiger partial charge in [-0.1, -0.05) is 48.5 Å². The van der Waals surface area contributed by atoms with Gasteiger partial charge >= 0.3 is 6.36 Å². The summed E-state index contributed by atoms with van der Waals surface area (Å²) < 4.78 is 47.1. The van der Waals surface area contributed by atoms with Crippen molar-refractivity contribution < 1.29 is 22.6 Å². The fourth-order valence-electron chi connectivity index (χ4n) is 2.37. The number of alkyl halides is 3. The molecule has 0 aliphatic rings. The zero-order valence-corrected chi connectivity index (χ0v) is 15.6. The molecule has 0 aliphatic carbocycles. The summed E-state index contributed by atoms with van der Waals surface area (Å²) in [5.41, 5.74) is 2.76. The lowest BCUT2D eigenvalue weighted by Crippen LogP contribution is -2.17. The van der Waals surface area contributed by atoms with Crippen LogP contribution in [0.5, 0.6) is 11.5 Å². The molecule has 0 unspecified atom stereocenters. The number of halogens is 4. The third kappa shape index (κ3) is 5.14. The van der Waals surface area contributed by atoms with Crippen LogP contribution in [0.3, 0.4) is 0 Å². The smallest absolute Gasteiger partial charge is 0.489 e. The van der Waals surface area contributed by atoms with Gasteiger partial charge in [-0.25, -0.2) is 0 Å². The van der Waals surface area contributed by atoms with E-state index < -0.39 is 6.36 Å². The summed E-state index contributed by atoms with van der Waals surface area (Å²) >= 11 is 1.83. The highest BCUT2D eigenvalue weighted by atomic mass is 127. The number of ether oxygens (including phenoxy) is 2. The van der Waals surface area contributed by atoms with Crippen molar-refractivity contribution in [1.29, 1.82) is 0 Å². The van der Waals surface area contributed by atoms with Crippen LogP contribution < -0.4 is 9.47 Å². The van der Waals surface area contributed by atoms with E-state index >= 15 is 0 Å². The zero-order valence-electron chi connectivity index (χ0n) is 13.5. The standard InChI is InChI=1S/C20H14F3IO2/c21-20(22,23)26-19-11-8-16(12-18(19)24)15-6-9-17(10-7-15)25-13-14-4-2-1-3-5-14/h1-12H,13H2. The Morgan fingerprint density at radius 3 is 2.08 bits per heavy atom. The Morgan fingerprint density at radius 2 is 1.46 bits per heavy atom. The summed E-state index contributed by atoms with van der Waals surface area (Å²) in [7, 11) is 0. The molecule has 0 aliphatic heterocycles. The largest absolute Gasteiger partial charge is 0.573 e. The summed E-state index contributed by atoms with van der Waals surface area (Å²) in [6.07, 6.45) is -4.70. The average Bonchev–Trinajstić information content (AvgIpc) is 2.62. The normalized spacial score (nSPS) is 11.2. The second-order valence-corrected chi connectivity index (χ2v) is 6.65. The topological polar surface area (TPSA) is 18.5 Å². The molecule has 0 radical (unpaired) electrons. The lowest BCUT2D eigenvalue weighted by molar-refractivity contribution is -0.274. The Morgan fingerprint density at radius 1 is 0.808 bits per heavy atom. The van der Waals surface area contributed by atoms with Gasteiger partial charge in [0.25, 0.3) is 0 Å². The predicted octanol–water partition coefficient (Wildman–Crippen LogP) is 6.44. The number of hydrogen-bond acceptors (Lipinski definition) is 2. The van der Waals surface area contributed by atoms with Crippen molar-refractivity contribution in [3.8, 4) is 22.6 Å². The van der Waals surface area contributed by atoms with Gasteiger partial charge in [-0.2, -0.15) is 0 Å². The second-order valence-electron chi connectivity index (χ2n) is 5.49. The zero-order chi connectivity index (χ0) is 18.6. The fraction of sp³-hybridized carbons (Fsp3) is 0.100. The van der Waals surface area contributed by atoms with E-state index in [0.29, 0.717) is 10.2 Å². The quantitative estimate of drug-likeness (QED) is 0.400. The van der Waals surface area contributed by atoms with E-state index in [1.165, 1.54) is 6.07 Å². The van der Waals surface area contributed by atoms with Gasteiger partial charge in [-0.15, -0.1) is 13.2 Å². The van der Waals surface area contributed by atoms with Crippen LogP contribution in [0.25, 0.3) is 11.1 Å². The van der Waals surface area contributed by atoms with Crippen LogP contribution in [0.1, 0.15) is 5.56 Å². The average molecular weight is 470 g/mol. The maximum Gasteiger partial charge on any atom is 0.573 e. The molecule has 0 bridgehead atoms. The SMILES string of the molecule is FC(F)(F)Oc1ccc(-c2ccc(OCc3ccccc3)cc2)cc1I. The Bertz CT molecular complexity index is 862. The van der Waals surface area contributed by atoms with Gasteiger partial charge in [0, 0.05) is 0 Å². The van der Waals surface area contributed by atoms with Crippen LogP contribution >= 0.6 is 22.6 Å². The maximum atomic E-state index is 12.3. The van der Waals surface area contributed by atoms with E-state index in [4.69, 9.17) is 4.74 Å². The molecule has 0 aromatic heterocycles. The van der Waals surface area contributed by atoms with Crippen molar-refractivity contribution in [2.45, 2.75) is 13.0 Å². The molecule has 0 saturated heterocycles. The van der Waals surface area contributed by atoms with Gasteiger partial charge in [0.1, 0.15) is 18.1 Å². The summed E-state index contributed by atoms with van der Waals surface area (Å²) in [4.78, 5) is 0. The van der Waals surface area contributed by atoms with Gasteiger partial charge in [0.15, 0.2) is 0 Å². The van der Waals surface area contributed by atoms with E-state index in [1.54, 1.807) is 12.1 Å². The molecule has 0 fully saturated rings. The van der Waals surface area contributed by atoms with E-state index in [1.807, 2.05) is 77.2 Å².